The number of ether oxygens (including phenoxy) is 1. The van der Waals surface area contributed by atoms with Gasteiger partial charge in [-0.05, 0) is 0 Å². The molecule has 4 nitrogen and oxygen atoms in total. The number of carboxylic acids is 1. The van der Waals surface area contributed by atoms with Gasteiger partial charge in [0.1, 0.15) is 6.61 Å². The van der Waals surface area contributed by atoms with Gasteiger partial charge in [-0.1, -0.05) is 6.58 Å². The van der Waals surface area contributed by atoms with Crippen LogP contribution in [0.3, 0.4) is 0 Å². The van der Waals surface area contributed by atoms with E-state index in [9.17, 15) is 9.59 Å². The summed E-state index contributed by atoms with van der Waals surface area (Å²) in [7, 11) is 0. The first-order chi connectivity index (χ1) is 5.66. The Morgan fingerprint density at radius 3 is 2.75 bits per heavy atom. The fraction of sp³-hybridized carbons (Fsp3) is 0.429. The van der Waals surface area contributed by atoms with Crippen LogP contribution < -0.4 is 0 Å². The largest absolute Gasteiger partial charge is 0.481 e. The van der Waals surface area contributed by atoms with Gasteiger partial charge in [0.2, 0.25) is 0 Å². The van der Waals surface area contributed by atoms with E-state index in [1.807, 2.05) is 0 Å². The summed E-state index contributed by atoms with van der Waals surface area (Å²) in [4.78, 5) is 20.5. The maximum atomic E-state index is 10.4. The third-order valence-electron chi connectivity index (χ3n) is 0.864. The molecule has 0 aliphatic carbocycles. The minimum absolute atomic E-state index is 0.0334. The molecule has 0 aromatic heterocycles. The maximum absolute atomic E-state index is 10.4. The summed E-state index contributed by atoms with van der Waals surface area (Å²) in [6.07, 6.45) is 1.07. The molecule has 0 fully saturated rings. The Morgan fingerprint density at radius 2 is 2.25 bits per heavy atom. The number of hydrogen-bond donors (Lipinski definition) is 1. The summed E-state index contributed by atoms with van der Waals surface area (Å²) in [6, 6.07) is 0. The van der Waals surface area contributed by atoms with E-state index in [4.69, 9.17) is 5.11 Å². The Morgan fingerprint density at radius 1 is 1.58 bits per heavy atom. The first-order valence-electron chi connectivity index (χ1n) is 3.25. The standard InChI is InChI=1S/C7H10O4S/c1-2-7(10)11-3-4-12-5-6(8)9/h2H,1,3-5H2,(H,8,9). The molecule has 0 unspecified atom stereocenters. The van der Waals surface area contributed by atoms with Gasteiger partial charge in [0, 0.05) is 11.8 Å². The highest BCUT2D eigenvalue weighted by Crippen LogP contribution is 1.98. The molecule has 0 aromatic carbocycles. The van der Waals surface area contributed by atoms with E-state index >= 15 is 0 Å². The second-order valence-electron chi connectivity index (χ2n) is 1.82. The molecule has 0 heterocycles. The number of aliphatic carboxylic acids is 1. The van der Waals surface area contributed by atoms with Gasteiger partial charge in [-0.3, -0.25) is 4.79 Å². The quantitative estimate of drug-likeness (QED) is 0.376. The highest BCUT2D eigenvalue weighted by atomic mass is 32.2. The fourth-order valence-corrected chi connectivity index (χ4v) is 0.940. The number of carbonyl (C=O) groups excluding carboxylic acids is 1. The Kier molecular flexibility index (Phi) is 6.18. The molecule has 0 spiro atoms. The molecule has 0 aliphatic heterocycles. The van der Waals surface area contributed by atoms with Gasteiger partial charge in [0.15, 0.2) is 0 Å². The van der Waals surface area contributed by atoms with E-state index < -0.39 is 11.9 Å². The summed E-state index contributed by atoms with van der Waals surface area (Å²) in [5.41, 5.74) is 0. The molecule has 0 amide bonds. The number of esters is 1. The van der Waals surface area contributed by atoms with E-state index in [2.05, 4.69) is 11.3 Å². The minimum Gasteiger partial charge on any atom is -0.481 e. The lowest BCUT2D eigenvalue weighted by Gasteiger charge is -1.99. The van der Waals surface area contributed by atoms with Crippen molar-refractivity contribution in [2.45, 2.75) is 0 Å². The molecular formula is C7H10O4S. The first kappa shape index (κ1) is 11.0. The number of carbonyl (C=O) groups is 2. The summed E-state index contributed by atoms with van der Waals surface area (Å²) < 4.78 is 4.60. The smallest absolute Gasteiger partial charge is 0.330 e. The molecule has 0 radical (unpaired) electrons. The van der Waals surface area contributed by atoms with Crippen molar-refractivity contribution in [3.8, 4) is 0 Å². The minimum atomic E-state index is -0.866. The number of rotatable bonds is 6. The van der Waals surface area contributed by atoms with Gasteiger partial charge in [0.05, 0.1) is 5.75 Å². The van der Waals surface area contributed by atoms with Crippen molar-refractivity contribution in [3.05, 3.63) is 12.7 Å². The molecule has 5 heteroatoms. The van der Waals surface area contributed by atoms with Crippen molar-refractivity contribution in [1.82, 2.24) is 0 Å². The summed E-state index contributed by atoms with van der Waals surface area (Å²) in [5, 5.41) is 8.22. The third kappa shape index (κ3) is 7.14. The molecule has 1 N–H and O–H groups in total. The predicted molar refractivity (Wildman–Crippen MR) is 46.1 cm³/mol. The Bertz CT molecular complexity index is 178. The van der Waals surface area contributed by atoms with Crippen molar-refractivity contribution in [2.24, 2.45) is 0 Å². The molecule has 0 rings (SSSR count). The first-order valence-corrected chi connectivity index (χ1v) is 4.41. The Labute approximate surface area is 74.6 Å². The molecule has 0 aliphatic rings. The van der Waals surface area contributed by atoms with Crippen molar-refractivity contribution < 1.29 is 19.4 Å². The lowest BCUT2D eigenvalue weighted by molar-refractivity contribution is -0.137. The van der Waals surface area contributed by atoms with E-state index in [-0.39, 0.29) is 12.4 Å². The molecular weight excluding hydrogens is 180 g/mol. The van der Waals surface area contributed by atoms with E-state index in [0.29, 0.717) is 5.75 Å². The number of thioether (sulfide) groups is 1. The van der Waals surface area contributed by atoms with Gasteiger partial charge < -0.3 is 9.84 Å². The van der Waals surface area contributed by atoms with E-state index in [1.54, 1.807) is 0 Å². The monoisotopic (exact) mass is 190 g/mol. The second-order valence-corrected chi connectivity index (χ2v) is 2.92. The lowest BCUT2D eigenvalue weighted by atomic mass is 10.6. The molecule has 0 saturated heterocycles. The number of carboxylic acid groups (broad SMARTS) is 1. The highest BCUT2D eigenvalue weighted by molar-refractivity contribution is 7.99. The zero-order valence-electron chi connectivity index (χ0n) is 6.49. The van der Waals surface area contributed by atoms with Crippen molar-refractivity contribution in [2.75, 3.05) is 18.1 Å². The van der Waals surface area contributed by atoms with Gasteiger partial charge in [0.25, 0.3) is 0 Å². The van der Waals surface area contributed by atoms with Crippen LogP contribution in [0.4, 0.5) is 0 Å². The highest BCUT2D eigenvalue weighted by Gasteiger charge is 1.98. The van der Waals surface area contributed by atoms with Crippen molar-refractivity contribution in [3.63, 3.8) is 0 Å². The van der Waals surface area contributed by atoms with Gasteiger partial charge in [-0.15, -0.1) is 11.8 Å². The maximum Gasteiger partial charge on any atom is 0.330 e. The van der Waals surface area contributed by atoms with Crippen LogP contribution in [0.1, 0.15) is 0 Å². The van der Waals surface area contributed by atoms with Crippen molar-refractivity contribution in [1.29, 1.82) is 0 Å². The van der Waals surface area contributed by atoms with Crippen LogP contribution in [-0.2, 0) is 14.3 Å². The van der Waals surface area contributed by atoms with Crippen LogP contribution in [0.5, 0.6) is 0 Å². The molecule has 12 heavy (non-hydrogen) atoms. The summed E-state index contributed by atoms with van der Waals surface area (Å²) in [6.45, 7) is 3.44. The fourth-order valence-electron chi connectivity index (χ4n) is 0.420. The zero-order chi connectivity index (χ0) is 9.40. The molecule has 0 bridgehead atoms. The van der Waals surface area contributed by atoms with Crippen LogP contribution in [0.2, 0.25) is 0 Å². The molecule has 0 atom stereocenters. The zero-order valence-corrected chi connectivity index (χ0v) is 7.30. The van der Waals surface area contributed by atoms with Crippen LogP contribution >= 0.6 is 11.8 Å². The normalized spacial score (nSPS) is 9.00. The summed E-state index contributed by atoms with van der Waals surface area (Å²) in [5.74, 6) is -0.821. The van der Waals surface area contributed by atoms with Gasteiger partial charge >= 0.3 is 11.9 Å². The summed E-state index contributed by atoms with van der Waals surface area (Å²) >= 11 is 1.20. The van der Waals surface area contributed by atoms with E-state index in [0.717, 1.165) is 6.08 Å². The average molecular weight is 190 g/mol. The Hall–Kier alpha value is -0.970. The SMILES string of the molecule is C=CC(=O)OCCSCC(=O)O. The van der Waals surface area contributed by atoms with E-state index in [1.165, 1.54) is 11.8 Å². The average Bonchev–Trinajstić information content (AvgIpc) is 2.03. The van der Waals surface area contributed by atoms with Crippen LogP contribution in [0, 0.1) is 0 Å². The lowest BCUT2D eigenvalue weighted by Crippen LogP contribution is -2.06. The number of hydrogen-bond acceptors (Lipinski definition) is 4. The Balaban J connectivity index is 3.16. The predicted octanol–water partition coefficient (Wildman–Crippen LogP) is 0.533. The van der Waals surface area contributed by atoms with Crippen molar-refractivity contribution >= 4 is 23.7 Å². The van der Waals surface area contributed by atoms with Crippen LogP contribution in [0.25, 0.3) is 0 Å². The van der Waals surface area contributed by atoms with Crippen LogP contribution in [-0.4, -0.2) is 35.2 Å². The molecule has 68 valence electrons. The van der Waals surface area contributed by atoms with Gasteiger partial charge in [-0.2, -0.15) is 0 Å². The topological polar surface area (TPSA) is 63.6 Å². The van der Waals surface area contributed by atoms with Gasteiger partial charge in [-0.25, -0.2) is 4.79 Å². The molecule has 0 aromatic rings. The molecule has 0 saturated carbocycles. The van der Waals surface area contributed by atoms with Crippen LogP contribution in [0.15, 0.2) is 12.7 Å². The third-order valence-corrected chi connectivity index (χ3v) is 1.77. The second kappa shape index (κ2) is 6.72.